The van der Waals surface area contributed by atoms with Crippen LogP contribution in [0.3, 0.4) is 0 Å². The van der Waals surface area contributed by atoms with Gasteiger partial charge in [0.2, 0.25) is 0 Å². The highest BCUT2D eigenvalue weighted by Crippen LogP contribution is 2.29. The van der Waals surface area contributed by atoms with E-state index in [9.17, 15) is 4.79 Å². The van der Waals surface area contributed by atoms with Gasteiger partial charge in [-0.15, -0.1) is 23.7 Å². The van der Waals surface area contributed by atoms with Crippen LogP contribution in [-0.4, -0.2) is 30.6 Å². The molecule has 0 N–H and O–H groups in total. The number of carbonyl (C=O) groups excluding carboxylic acids is 1. The molecule has 0 spiro atoms. The second kappa shape index (κ2) is 7.77. The van der Waals surface area contributed by atoms with Crippen LogP contribution in [0.25, 0.3) is 0 Å². The molecule has 0 aliphatic carbocycles. The number of esters is 1. The van der Waals surface area contributed by atoms with Gasteiger partial charge in [-0.05, 0) is 44.3 Å². The molecule has 1 saturated heterocycles. The van der Waals surface area contributed by atoms with Crippen molar-refractivity contribution in [3.8, 4) is 0 Å². The first-order chi connectivity index (χ1) is 8.33. The van der Waals surface area contributed by atoms with Crippen molar-refractivity contribution in [2.75, 3.05) is 19.7 Å². The highest BCUT2D eigenvalue weighted by Gasteiger charge is 2.30. The van der Waals surface area contributed by atoms with Gasteiger partial charge in [0.25, 0.3) is 0 Å². The van der Waals surface area contributed by atoms with E-state index in [1.54, 1.807) is 11.3 Å². The Bertz CT molecular complexity index is 350. The summed E-state index contributed by atoms with van der Waals surface area (Å²) in [6.45, 7) is 4.32. The van der Waals surface area contributed by atoms with Crippen molar-refractivity contribution in [1.29, 1.82) is 0 Å². The van der Waals surface area contributed by atoms with Gasteiger partial charge in [0.15, 0.2) is 0 Å². The van der Waals surface area contributed by atoms with Gasteiger partial charge in [-0.1, -0.05) is 12.5 Å². The molecule has 0 bridgehead atoms. The van der Waals surface area contributed by atoms with Crippen molar-refractivity contribution >= 4 is 29.7 Å². The molecule has 0 amide bonds. The smallest absolute Gasteiger partial charge is 0.328 e. The third-order valence-corrected chi connectivity index (χ3v) is 4.00. The summed E-state index contributed by atoms with van der Waals surface area (Å²) >= 11 is 1.64. The number of rotatable bonds is 4. The minimum absolute atomic E-state index is 0. The Balaban J connectivity index is 0.00000162. The van der Waals surface area contributed by atoms with Crippen molar-refractivity contribution < 1.29 is 9.53 Å². The topological polar surface area (TPSA) is 29.5 Å². The van der Waals surface area contributed by atoms with Crippen LogP contribution in [0.4, 0.5) is 0 Å². The van der Waals surface area contributed by atoms with E-state index >= 15 is 0 Å². The first-order valence-electron chi connectivity index (χ1n) is 6.27. The maximum absolute atomic E-state index is 12.1. The minimum Gasteiger partial charge on any atom is -0.465 e. The van der Waals surface area contributed by atoms with E-state index in [0.717, 1.165) is 18.0 Å². The van der Waals surface area contributed by atoms with Crippen LogP contribution in [0.1, 0.15) is 37.1 Å². The molecule has 2 heterocycles. The van der Waals surface area contributed by atoms with Gasteiger partial charge >= 0.3 is 5.97 Å². The van der Waals surface area contributed by atoms with Crippen LogP contribution >= 0.6 is 23.7 Å². The van der Waals surface area contributed by atoms with E-state index in [-0.39, 0.29) is 24.4 Å². The second-order valence-electron chi connectivity index (χ2n) is 4.27. The standard InChI is InChI=1S/C13H19NO2S.ClH/c1-2-16-13(15)12(11-7-6-10-17-11)14-8-4-3-5-9-14;/h6-7,10,12H,2-5,8-9H2,1H3;1H. The third kappa shape index (κ3) is 3.70. The molecule has 0 saturated carbocycles. The maximum Gasteiger partial charge on any atom is 0.328 e. The van der Waals surface area contributed by atoms with Gasteiger partial charge in [0.05, 0.1) is 6.61 Å². The monoisotopic (exact) mass is 289 g/mol. The first-order valence-corrected chi connectivity index (χ1v) is 7.15. The molecule has 3 nitrogen and oxygen atoms in total. The minimum atomic E-state index is -0.185. The zero-order valence-corrected chi connectivity index (χ0v) is 12.3. The summed E-state index contributed by atoms with van der Waals surface area (Å²) in [4.78, 5) is 15.4. The molecular formula is C13H20ClNO2S. The van der Waals surface area contributed by atoms with Gasteiger partial charge < -0.3 is 4.74 Å². The Hall–Kier alpha value is -0.580. The Morgan fingerprint density at radius 1 is 1.44 bits per heavy atom. The summed E-state index contributed by atoms with van der Waals surface area (Å²) in [5, 5.41) is 2.02. The highest BCUT2D eigenvalue weighted by molar-refractivity contribution is 7.10. The third-order valence-electron chi connectivity index (χ3n) is 3.08. The molecule has 0 aromatic carbocycles. The van der Waals surface area contributed by atoms with Crippen LogP contribution in [0.15, 0.2) is 17.5 Å². The van der Waals surface area contributed by atoms with Gasteiger partial charge in [0.1, 0.15) is 6.04 Å². The lowest BCUT2D eigenvalue weighted by Crippen LogP contribution is -2.38. The number of nitrogens with zero attached hydrogens (tertiary/aromatic N) is 1. The lowest BCUT2D eigenvalue weighted by Gasteiger charge is -2.32. The number of ether oxygens (including phenoxy) is 1. The molecule has 1 aliphatic rings. The largest absolute Gasteiger partial charge is 0.465 e. The quantitative estimate of drug-likeness (QED) is 0.797. The van der Waals surface area contributed by atoms with Crippen molar-refractivity contribution in [2.24, 2.45) is 0 Å². The fraction of sp³-hybridized carbons (Fsp3) is 0.615. The fourth-order valence-corrected chi connectivity index (χ4v) is 3.14. The lowest BCUT2D eigenvalue weighted by atomic mass is 10.1. The predicted molar refractivity (Wildman–Crippen MR) is 76.4 cm³/mol. The number of hydrogen-bond acceptors (Lipinski definition) is 4. The Morgan fingerprint density at radius 2 is 2.17 bits per heavy atom. The van der Waals surface area contributed by atoms with Crippen LogP contribution in [-0.2, 0) is 9.53 Å². The molecular weight excluding hydrogens is 270 g/mol. The summed E-state index contributed by atoms with van der Waals surface area (Å²) in [6, 6.07) is 3.84. The molecule has 1 aliphatic heterocycles. The summed E-state index contributed by atoms with van der Waals surface area (Å²) < 4.78 is 5.21. The SMILES string of the molecule is CCOC(=O)C(c1cccs1)N1CCCCC1.Cl. The van der Waals surface area contributed by atoms with E-state index in [1.807, 2.05) is 24.4 Å². The Kier molecular flexibility index (Phi) is 6.68. The summed E-state index contributed by atoms with van der Waals surface area (Å²) in [6.07, 6.45) is 3.64. The second-order valence-corrected chi connectivity index (χ2v) is 5.25. The van der Waals surface area contributed by atoms with Crippen molar-refractivity contribution in [1.82, 2.24) is 4.90 Å². The number of thiophene rings is 1. The van der Waals surface area contributed by atoms with E-state index in [4.69, 9.17) is 4.74 Å². The molecule has 1 aromatic heterocycles. The predicted octanol–water partition coefficient (Wildman–Crippen LogP) is 3.26. The van der Waals surface area contributed by atoms with Crippen LogP contribution in [0.2, 0.25) is 0 Å². The Labute approximate surface area is 119 Å². The van der Waals surface area contributed by atoms with Crippen molar-refractivity contribution in [3.05, 3.63) is 22.4 Å². The molecule has 1 atom stereocenters. The zero-order chi connectivity index (χ0) is 12.1. The van der Waals surface area contributed by atoms with Crippen LogP contribution in [0.5, 0.6) is 0 Å². The fourth-order valence-electron chi connectivity index (χ4n) is 2.29. The molecule has 102 valence electrons. The molecule has 5 heteroatoms. The Morgan fingerprint density at radius 3 is 2.72 bits per heavy atom. The zero-order valence-electron chi connectivity index (χ0n) is 10.6. The van der Waals surface area contributed by atoms with E-state index < -0.39 is 0 Å². The van der Waals surface area contributed by atoms with Gasteiger partial charge in [0, 0.05) is 4.88 Å². The van der Waals surface area contributed by atoms with E-state index in [0.29, 0.717) is 6.61 Å². The highest BCUT2D eigenvalue weighted by atomic mass is 35.5. The van der Waals surface area contributed by atoms with Gasteiger partial charge in [-0.25, -0.2) is 4.79 Å². The lowest BCUT2D eigenvalue weighted by molar-refractivity contribution is -0.150. The van der Waals surface area contributed by atoms with Gasteiger partial charge in [-0.2, -0.15) is 0 Å². The summed E-state index contributed by atoms with van der Waals surface area (Å²) in [5.41, 5.74) is 0. The van der Waals surface area contributed by atoms with E-state index in [2.05, 4.69) is 4.90 Å². The number of likely N-dealkylation sites (tertiary alicyclic amines) is 1. The summed E-state index contributed by atoms with van der Waals surface area (Å²) in [5.74, 6) is -0.100. The molecule has 1 fully saturated rings. The number of halogens is 1. The van der Waals surface area contributed by atoms with Crippen molar-refractivity contribution in [2.45, 2.75) is 32.2 Å². The van der Waals surface area contributed by atoms with Crippen molar-refractivity contribution in [3.63, 3.8) is 0 Å². The summed E-state index contributed by atoms with van der Waals surface area (Å²) in [7, 11) is 0. The first kappa shape index (κ1) is 15.5. The van der Waals surface area contributed by atoms with E-state index in [1.165, 1.54) is 19.3 Å². The molecule has 18 heavy (non-hydrogen) atoms. The maximum atomic E-state index is 12.1. The number of hydrogen-bond donors (Lipinski definition) is 0. The van der Waals surface area contributed by atoms with Crippen LogP contribution < -0.4 is 0 Å². The molecule has 1 aromatic rings. The number of carbonyl (C=O) groups is 1. The van der Waals surface area contributed by atoms with Gasteiger partial charge in [-0.3, -0.25) is 4.90 Å². The normalized spacial score (nSPS) is 17.8. The molecule has 1 unspecified atom stereocenters. The molecule has 2 rings (SSSR count). The van der Waals surface area contributed by atoms with Crippen LogP contribution in [0, 0.1) is 0 Å². The molecule has 0 radical (unpaired) electrons. The average molecular weight is 290 g/mol. The average Bonchev–Trinajstić information content (AvgIpc) is 2.85. The number of piperidine rings is 1.